The third-order valence-electron chi connectivity index (χ3n) is 3.98. The zero-order chi connectivity index (χ0) is 19.2. The van der Waals surface area contributed by atoms with Crippen LogP contribution in [0.4, 0.5) is 0 Å². The standard InChI is InChI=1S/C19H24N2O4S/c1-4-21(26(23,24)18-11-9-17(25-3)10-12-18)14-19(22)20-13-16-7-5-15(2)6-8-16/h5-12H,4,13-14H2,1-3H3,(H,20,22). The fraction of sp³-hybridized carbons (Fsp3) is 0.316. The lowest BCUT2D eigenvalue weighted by molar-refractivity contribution is -0.121. The summed E-state index contributed by atoms with van der Waals surface area (Å²) in [5.74, 6) is 0.229. The molecule has 0 bridgehead atoms. The molecule has 0 saturated heterocycles. The number of hydrogen-bond donors (Lipinski definition) is 1. The van der Waals surface area contributed by atoms with Crippen molar-refractivity contribution < 1.29 is 17.9 Å². The van der Waals surface area contributed by atoms with Gasteiger partial charge in [0.1, 0.15) is 5.75 Å². The van der Waals surface area contributed by atoms with Crippen LogP contribution in [0, 0.1) is 6.92 Å². The van der Waals surface area contributed by atoms with E-state index >= 15 is 0 Å². The van der Waals surface area contributed by atoms with Crippen molar-refractivity contribution in [3.8, 4) is 5.75 Å². The van der Waals surface area contributed by atoms with Gasteiger partial charge in [-0.05, 0) is 36.8 Å². The van der Waals surface area contributed by atoms with Crippen LogP contribution in [0.25, 0.3) is 0 Å². The van der Waals surface area contributed by atoms with Crippen molar-refractivity contribution in [1.29, 1.82) is 0 Å². The molecular formula is C19H24N2O4S. The van der Waals surface area contributed by atoms with Gasteiger partial charge in [-0.3, -0.25) is 4.79 Å². The van der Waals surface area contributed by atoms with Crippen LogP contribution in [0.1, 0.15) is 18.1 Å². The third-order valence-corrected chi connectivity index (χ3v) is 5.92. The lowest BCUT2D eigenvalue weighted by atomic mass is 10.1. The summed E-state index contributed by atoms with van der Waals surface area (Å²) >= 11 is 0. The third kappa shape index (κ3) is 5.06. The number of carbonyl (C=O) groups excluding carboxylic acids is 1. The van der Waals surface area contributed by atoms with E-state index in [1.165, 1.54) is 19.2 Å². The molecular weight excluding hydrogens is 352 g/mol. The SMILES string of the molecule is CCN(CC(=O)NCc1ccc(C)cc1)S(=O)(=O)c1ccc(OC)cc1. The number of benzene rings is 2. The van der Waals surface area contributed by atoms with Crippen LogP contribution in [0.3, 0.4) is 0 Å². The van der Waals surface area contributed by atoms with Gasteiger partial charge in [-0.2, -0.15) is 4.31 Å². The number of ether oxygens (including phenoxy) is 1. The maximum atomic E-state index is 12.7. The van der Waals surface area contributed by atoms with Crippen molar-refractivity contribution in [3.63, 3.8) is 0 Å². The van der Waals surface area contributed by atoms with E-state index in [-0.39, 0.29) is 23.9 Å². The average molecular weight is 376 g/mol. The van der Waals surface area contributed by atoms with Crippen LogP contribution in [0.15, 0.2) is 53.4 Å². The van der Waals surface area contributed by atoms with E-state index in [0.717, 1.165) is 15.4 Å². The number of carbonyl (C=O) groups is 1. The van der Waals surface area contributed by atoms with E-state index in [2.05, 4.69) is 5.32 Å². The Labute approximate surface area is 154 Å². The van der Waals surface area contributed by atoms with Gasteiger partial charge in [-0.1, -0.05) is 36.8 Å². The van der Waals surface area contributed by atoms with Gasteiger partial charge in [0.25, 0.3) is 0 Å². The first-order valence-electron chi connectivity index (χ1n) is 8.33. The molecule has 2 rings (SSSR count). The second-order valence-electron chi connectivity index (χ2n) is 5.87. The second kappa shape index (κ2) is 8.82. The summed E-state index contributed by atoms with van der Waals surface area (Å²) in [5, 5.41) is 2.76. The van der Waals surface area contributed by atoms with Crippen LogP contribution >= 0.6 is 0 Å². The van der Waals surface area contributed by atoms with Crippen molar-refractivity contribution in [2.45, 2.75) is 25.3 Å². The summed E-state index contributed by atoms with van der Waals surface area (Å²) in [6.45, 7) is 4.03. The minimum Gasteiger partial charge on any atom is -0.497 e. The molecule has 0 aliphatic carbocycles. The van der Waals surface area contributed by atoms with Crippen molar-refractivity contribution in [3.05, 3.63) is 59.7 Å². The second-order valence-corrected chi connectivity index (χ2v) is 7.81. The maximum Gasteiger partial charge on any atom is 0.243 e. The van der Waals surface area contributed by atoms with Crippen molar-refractivity contribution in [2.24, 2.45) is 0 Å². The summed E-state index contributed by atoms with van der Waals surface area (Å²) in [7, 11) is -2.23. The van der Waals surface area contributed by atoms with Gasteiger partial charge in [-0.15, -0.1) is 0 Å². The maximum absolute atomic E-state index is 12.7. The Balaban J connectivity index is 2.01. The first kappa shape index (κ1) is 19.9. The van der Waals surface area contributed by atoms with Gasteiger partial charge < -0.3 is 10.1 Å². The molecule has 0 aliphatic heterocycles. The first-order chi connectivity index (χ1) is 12.4. The number of methoxy groups -OCH3 is 1. The van der Waals surface area contributed by atoms with Gasteiger partial charge in [-0.25, -0.2) is 8.42 Å². The van der Waals surface area contributed by atoms with E-state index in [9.17, 15) is 13.2 Å². The number of nitrogens with zero attached hydrogens (tertiary/aromatic N) is 1. The predicted octanol–water partition coefficient (Wildman–Crippen LogP) is 2.33. The molecule has 0 radical (unpaired) electrons. The molecule has 1 N–H and O–H groups in total. The van der Waals surface area contributed by atoms with Gasteiger partial charge in [0, 0.05) is 13.1 Å². The Bertz CT molecular complexity index is 831. The quantitative estimate of drug-likeness (QED) is 0.767. The molecule has 0 aliphatic rings. The monoisotopic (exact) mass is 376 g/mol. The summed E-state index contributed by atoms with van der Waals surface area (Å²) < 4.78 is 31.6. The molecule has 2 aromatic carbocycles. The minimum atomic E-state index is -3.74. The Morgan fingerprint density at radius 3 is 2.23 bits per heavy atom. The highest BCUT2D eigenvalue weighted by Gasteiger charge is 2.25. The van der Waals surface area contributed by atoms with Gasteiger partial charge in [0.05, 0.1) is 18.6 Å². The van der Waals surface area contributed by atoms with Crippen LogP contribution in [-0.2, 0) is 21.4 Å². The van der Waals surface area contributed by atoms with Gasteiger partial charge in [0.2, 0.25) is 15.9 Å². The average Bonchev–Trinajstić information content (AvgIpc) is 2.65. The van der Waals surface area contributed by atoms with Crippen LogP contribution in [-0.4, -0.2) is 38.8 Å². The Kier molecular flexibility index (Phi) is 6.76. The van der Waals surface area contributed by atoms with Gasteiger partial charge >= 0.3 is 0 Å². The highest BCUT2D eigenvalue weighted by atomic mass is 32.2. The number of aryl methyl sites for hydroxylation is 1. The number of sulfonamides is 1. The largest absolute Gasteiger partial charge is 0.497 e. The van der Waals surface area contributed by atoms with Crippen molar-refractivity contribution in [1.82, 2.24) is 9.62 Å². The van der Waals surface area contributed by atoms with E-state index in [0.29, 0.717) is 12.3 Å². The molecule has 0 saturated carbocycles. The molecule has 140 valence electrons. The molecule has 0 spiro atoms. The number of amides is 1. The van der Waals surface area contributed by atoms with Crippen LogP contribution in [0.5, 0.6) is 5.75 Å². The smallest absolute Gasteiger partial charge is 0.243 e. The lowest BCUT2D eigenvalue weighted by Crippen LogP contribution is -2.40. The number of hydrogen-bond acceptors (Lipinski definition) is 4. The Morgan fingerprint density at radius 1 is 1.08 bits per heavy atom. The highest BCUT2D eigenvalue weighted by Crippen LogP contribution is 2.19. The van der Waals surface area contributed by atoms with Crippen LogP contribution < -0.4 is 10.1 Å². The fourth-order valence-corrected chi connectivity index (χ4v) is 3.79. The minimum absolute atomic E-state index is 0.131. The Morgan fingerprint density at radius 2 is 1.69 bits per heavy atom. The first-order valence-corrected chi connectivity index (χ1v) is 9.77. The van der Waals surface area contributed by atoms with E-state index in [1.54, 1.807) is 19.1 Å². The lowest BCUT2D eigenvalue weighted by Gasteiger charge is -2.20. The molecule has 2 aromatic rings. The summed E-state index contributed by atoms with van der Waals surface area (Å²) in [4.78, 5) is 12.3. The zero-order valence-corrected chi connectivity index (χ0v) is 16.0. The molecule has 0 fully saturated rings. The topological polar surface area (TPSA) is 75.7 Å². The highest BCUT2D eigenvalue weighted by molar-refractivity contribution is 7.89. The normalized spacial score (nSPS) is 11.4. The van der Waals surface area contributed by atoms with Gasteiger partial charge in [0.15, 0.2) is 0 Å². The molecule has 6 nitrogen and oxygen atoms in total. The number of likely N-dealkylation sites (N-methyl/N-ethyl adjacent to an activating group) is 1. The predicted molar refractivity (Wildman–Crippen MR) is 100 cm³/mol. The number of rotatable bonds is 8. The summed E-state index contributed by atoms with van der Waals surface area (Å²) in [5.41, 5.74) is 2.10. The van der Waals surface area contributed by atoms with E-state index < -0.39 is 10.0 Å². The Hall–Kier alpha value is -2.38. The molecule has 1 amide bonds. The molecule has 0 heterocycles. The zero-order valence-electron chi connectivity index (χ0n) is 15.2. The molecule has 7 heteroatoms. The summed E-state index contributed by atoms with van der Waals surface area (Å²) in [6.07, 6.45) is 0. The molecule has 26 heavy (non-hydrogen) atoms. The fourth-order valence-electron chi connectivity index (χ4n) is 2.39. The van der Waals surface area contributed by atoms with Crippen molar-refractivity contribution in [2.75, 3.05) is 20.2 Å². The molecule has 0 unspecified atom stereocenters. The summed E-state index contributed by atoms with van der Waals surface area (Å²) in [6, 6.07) is 13.9. The number of nitrogens with one attached hydrogen (secondary N) is 1. The van der Waals surface area contributed by atoms with Crippen molar-refractivity contribution >= 4 is 15.9 Å². The van der Waals surface area contributed by atoms with E-state index in [1.807, 2.05) is 31.2 Å². The van der Waals surface area contributed by atoms with E-state index in [4.69, 9.17) is 4.74 Å². The van der Waals surface area contributed by atoms with Crippen LogP contribution in [0.2, 0.25) is 0 Å². The molecule has 0 aromatic heterocycles. The molecule has 0 atom stereocenters.